The fourth-order valence-electron chi connectivity index (χ4n) is 3.34. The summed E-state index contributed by atoms with van der Waals surface area (Å²) in [5.41, 5.74) is 4.93. The molecule has 0 radical (unpaired) electrons. The molecule has 0 aliphatic rings. The summed E-state index contributed by atoms with van der Waals surface area (Å²) in [6, 6.07) is 16.2. The van der Waals surface area contributed by atoms with E-state index in [2.05, 4.69) is 28.2 Å². The van der Waals surface area contributed by atoms with Crippen molar-refractivity contribution in [1.29, 1.82) is 0 Å². The van der Waals surface area contributed by atoms with Crippen LogP contribution in [0.5, 0.6) is 17.2 Å². The van der Waals surface area contributed by atoms with Crippen molar-refractivity contribution in [2.24, 2.45) is 0 Å². The number of nitrogens with one attached hydrogen (secondary N) is 1. The summed E-state index contributed by atoms with van der Waals surface area (Å²) in [5.74, 6) is 1.81. The van der Waals surface area contributed by atoms with E-state index in [1.165, 1.54) is 0 Å². The smallest absolute Gasteiger partial charge is 0.203 e. The highest BCUT2D eigenvalue weighted by Crippen LogP contribution is 2.44. The maximum absolute atomic E-state index is 5.63. The number of nitrogens with zero attached hydrogens (tertiary/aromatic N) is 1. The van der Waals surface area contributed by atoms with Crippen molar-refractivity contribution < 1.29 is 14.2 Å². The van der Waals surface area contributed by atoms with Gasteiger partial charge in [0.2, 0.25) is 5.75 Å². The molecule has 0 amide bonds. The summed E-state index contributed by atoms with van der Waals surface area (Å²) in [7, 11) is 4.83. The zero-order chi connectivity index (χ0) is 18.8. The normalized spacial score (nSPS) is 10.8. The van der Waals surface area contributed by atoms with Gasteiger partial charge in [0.25, 0.3) is 0 Å². The van der Waals surface area contributed by atoms with Gasteiger partial charge in [-0.15, -0.1) is 0 Å². The van der Waals surface area contributed by atoms with E-state index < -0.39 is 0 Å². The Morgan fingerprint density at radius 2 is 1.56 bits per heavy atom. The molecule has 0 spiro atoms. The van der Waals surface area contributed by atoms with E-state index in [9.17, 15) is 0 Å². The second-order valence-corrected chi connectivity index (χ2v) is 6.07. The monoisotopic (exact) mass is 360 g/mol. The lowest BCUT2D eigenvalue weighted by atomic mass is 10.0. The molecule has 0 atom stereocenters. The molecule has 0 fully saturated rings. The van der Waals surface area contributed by atoms with Crippen LogP contribution < -0.4 is 14.2 Å². The Bertz CT molecular complexity index is 1090. The Kier molecular flexibility index (Phi) is 4.42. The number of benzene rings is 2. The van der Waals surface area contributed by atoms with Crippen molar-refractivity contribution in [3.8, 4) is 39.5 Å². The van der Waals surface area contributed by atoms with Crippen molar-refractivity contribution in [1.82, 2.24) is 9.97 Å². The molecular weight excluding hydrogens is 340 g/mol. The van der Waals surface area contributed by atoms with Gasteiger partial charge in [-0.05, 0) is 23.8 Å². The van der Waals surface area contributed by atoms with Crippen LogP contribution in [0, 0.1) is 0 Å². The molecule has 0 aliphatic carbocycles. The molecule has 2 aromatic heterocycles. The van der Waals surface area contributed by atoms with Gasteiger partial charge in [-0.2, -0.15) is 0 Å². The van der Waals surface area contributed by atoms with E-state index in [-0.39, 0.29) is 0 Å². The van der Waals surface area contributed by atoms with Gasteiger partial charge in [0, 0.05) is 34.5 Å². The highest BCUT2D eigenvalue weighted by atomic mass is 16.5. The minimum absolute atomic E-state index is 0.565. The quantitative estimate of drug-likeness (QED) is 0.549. The number of hydrogen-bond acceptors (Lipinski definition) is 4. The molecule has 0 unspecified atom stereocenters. The zero-order valence-electron chi connectivity index (χ0n) is 15.4. The van der Waals surface area contributed by atoms with Crippen molar-refractivity contribution >= 4 is 11.0 Å². The maximum Gasteiger partial charge on any atom is 0.203 e. The molecule has 1 N–H and O–H groups in total. The van der Waals surface area contributed by atoms with Crippen molar-refractivity contribution in [3.63, 3.8) is 0 Å². The topological polar surface area (TPSA) is 56.4 Å². The standard InChI is InChI=1S/C22H20N2O3/c1-25-19-10-9-16(20(26-2)21(19)27-3)15-11-17-18(13-24-22(17)23-12-15)14-7-5-4-6-8-14/h4-13H,1-3H3,(H,23,24). The highest BCUT2D eigenvalue weighted by molar-refractivity contribution is 5.96. The van der Waals surface area contributed by atoms with Crippen LogP contribution in [0.4, 0.5) is 0 Å². The number of rotatable bonds is 5. The lowest BCUT2D eigenvalue weighted by Gasteiger charge is -2.15. The fraction of sp³-hybridized carbons (Fsp3) is 0.136. The molecule has 4 aromatic rings. The minimum atomic E-state index is 0.565. The first-order chi connectivity index (χ1) is 13.3. The third kappa shape index (κ3) is 2.87. The number of fused-ring (bicyclic) bond motifs is 1. The Morgan fingerprint density at radius 3 is 2.26 bits per heavy atom. The minimum Gasteiger partial charge on any atom is -0.493 e. The summed E-state index contributed by atoms with van der Waals surface area (Å²) in [4.78, 5) is 7.84. The largest absolute Gasteiger partial charge is 0.493 e. The van der Waals surface area contributed by atoms with Crippen LogP contribution in [-0.2, 0) is 0 Å². The third-order valence-electron chi connectivity index (χ3n) is 4.63. The highest BCUT2D eigenvalue weighted by Gasteiger charge is 2.18. The van der Waals surface area contributed by atoms with Crippen LogP contribution in [0.3, 0.4) is 0 Å². The number of aromatic nitrogens is 2. The molecule has 136 valence electrons. The first-order valence-electron chi connectivity index (χ1n) is 8.58. The van der Waals surface area contributed by atoms with Crippen LogP contribution in [0.25, 0.3) is 33.3 Å². The van der Waals surface area contributed by atoms with Gasteiger partial charge in [0.15, 0.2) is 11.5 Å². The second-order valence-electron chi connectivity index (χ2n) is 6.07. The summed E-state index contributed by atoms with van der Waals surface area (Å²) < 4.78 is 16.5. The number of H-pyrrole nitrogens is 1. The van der Waals surface area contributed by atoms with E-state index >= 15 is 0 Å². The van der Waals surface area contributed by atoms with E-state index in [1.54, 1.807) is 21.3 Å². The molecule has 2 heterocycles. The number of ether oxygens (including phenoxy) is 3. The lowest BCUT2D eigenvalue weighted by molar-refractivity contribution is 0.325. The number of methoxy groups -OCH3 is 3. The summed E-state index contributed by atoms with van der Waals surface area (Å²) in [5, 5.41) is 1.05. The molecule has 27 heavy (non-hydrogen) atoms. The van der Waals surface area contributed by atoms with E-state index in [0.29, 0.717) is 17.2 Å². The van der Waals surface area contributed by atoms with Crippen LogP contribution in [0.1, 0.15) is 0 Å². The molecule has 5 heteroatoms. The molecule has 0 saturated carbocycles. The first kappa shape index (κ1) is 17.0. The van der Waals surface area contributed by atoms with E-state index in [4.69, 9.17) is 14.2 Å². The van der Waals surface area contributed by atoms with Gasteiger partial charge in [0.1, 0.15) is 5.65 Å². The summed E-state index contributed by atoms with van der Waals surface area (Å²) in [6.45, 7) is 0. The van der Waals surface area contributed by atoms with Crippen molar-refractivity contribution in [2.75, 3.05) is 21.3 Å². The number of aromatic amines is 1. The van der Waals surface area contributed by atoms with Gasteiger partial charge >= 0.3 is 0 Å². The second kappa shape index (κ2) is 7.03. The lowest BCUT2D eigenvalue weighted by Crippen LogP contribution is -1.97. The average molecular weight is 360 g/mol. The SMILES string of the molecule is COc1ccc(-c2cnc3[nH]cc(-c4ccccc4)c3c2)c(OC)c1OC. The van der Waals surface area contributed by atoms with E-state index in [0.717, 1.165) is 33.3 Å². The van der Waals surface area contributed by atoms with Gasteiger partial charge in [-0.1, -0.05) is 30.3 Å². The molecule has 5 nitrogen and oxygen atoms in total. The van der Waals surface area contributed by atoms with Crippen LogP contribution in [-0.4, -0.2) is 31.3 Å². The zero-order valence-corrected chi connectivity index (χ0v) is 15.4. The van der Waals surface area contributed by atoms with Crippen LogP contribution in [0.15, 0.2) is 60.9 Å². The predicted molar refractivity (Wildman–Crippen MR) is 107 cm³/mol. The molecule has 0 saturated heterocycles. The Morgan fingerprint density at radius 1 is 0.778 bits per heavy atom. The van der Waals surface area contributed by atoms with Crippen molar-refractivity contribution in [2.45, 2.75) is 0 Å². The third-order valence-corrected chi connectivity index (χ3v) is 4.63. The van der Waals surface area contributed by atoms with Crippen LogP contribution >= 0.6 is 0 Å². The number of pyridine rings is 1. The fourth-order valence-corrected chi connectivity index (χ4v) is 3.34. The summed E-state index contributed by atoms with van der Waals surface area (Å²) >= 11 is 0. The van der Waals surface area contributed by atoms with Gasteiger partial charge in [-0.3, -0.25) is 0 Å². The average Bonchev–Trinajstić information content (AvgIpc) is 3.16. The van der Waals surface area contributed by atoms with Crippen molar-refractivity contribution in [3.05, 3.63) is 60.9 Å². The molecule has 0 bridgehead atoms. The van der Waals surface area contributed by atoms with E-state index in [1.807, 2.05) is 42.7 Å². The molecular formula is C22H20N2O3. The Labute approximate surface area is 157 Å². The number of hydrogen-bond donors (Lipinski definition) is 1. The molecule has 2 aromatic carbocycles. The Hall–Kier alpha value is -3.47. The predicted octanol–water partition coefficient (Wildman–Crippen LogP) is 4.92. The van der Waals surface area contributed by atoms with Gasteiger partial charge in [-0.25, -0.2) is 4.98 Å². The first-order valence-corrected chi connectivity index (χ1v) is 8.58. The summed E-state index contributed by atoms with van der Waals surface area (Å²) in [6.07, 6.45) is 3.82. The Balaban J connectivity index is 1.90. The van der Waals surface area contributed by atoms with Crippen LogP contribution in [0.2, 0.25) is 0 Å². The molecule has 0 aliphatic heterocycles. The maximum atomic E-state index is 5.63. The van der Waals surface area contributed by atoms with Gasteiger partial charge < -0.3 is 19.2 Å². The molecule has 4 rings (SSSR count). The van der Waals surface area contributed by atoms with Gasteiger partial charge in [0.05, 0.1) is 21.3 Å².